The third-order valence-electron chi connectivity index (χ3n) is 3.43. The fourth-order valence-corrected chi connectivity index (χ4v) is 2.57. The standard InChI is InChI=1S/C14H20BrNO2/c1-11-14(7-9-17-11)16(2)8-10-18-13-5-3-12(15)4-6-13/h3-6,11,14H,7-10H2,1-2H3. The summed E-state index contributed by atoms with van der Waals surface area (Å²) in [6.07, 6.45) is 1.46. The van der Waals surface area contributed by atoms with E-state index in [9.17, 15) is 0 Å². The van der Waals surface area contributed by atoms with Crippen molar-refractivity contribution >= 4 is 15.9 Å². The van der Waals surface area contributed by atoms with Crippen LogP contribution >= 0.6 is 15.9 Å². The molecule has 0 amide bonds. The molecule has 2 atom stereocenters. The number of halogens is 1. The van der Waals surface area contributed by atoms with Crippen molar-refractivity contribution in [3.05, 3.63) is 28.7 Å². The van der Waals surface area contributed by atoms with Crippen molar-refractivity contribution in [2.45, 2.75) is 25.5 Å². The lowest BCUT2D eigenvalue weighted by molar-refractivity contribution is 0.0787. The molecule has 1 aromatic rings. The molecule has 2 unspecified atom stereocenters. The Hall–Kier alpha value is -0.580. The second-order valence-corrected chi connectivity index (χ2v) is 5.63. The van der Waals surface area contributed by atoms with Crippen molar-refractivity contribution in [1.82, 2.24) is 4.90 Å². The quantitative estimate of drug-likeness (QED) is 0.834. The predicted octanol–water partition coefficient (Wildman–Crippen LogP) is 2.94. The minimum Gasteiger partial charge on any atom is -0.492 e. The van der Waals surface area contributed by atoms with Gasteiger partial charge in [-0.05, 0) is 44.7 Å². The SMILES string of the molecule is CC1OCCC1N(C)CCOc1ccc(Br)cc1. The summed E-state index contributed by atoms with van der Waals surface area (Å²) in [4.78, 5) is 2.33. The summed E-state index contributed by atoms with van der Waals surface area (Å²) in [5, 5.41) is 0. The Kier molecular flexibility index (Phi) is 5.03. The van der Waals surface area contributed by atoms with E-state index in [1.165, 1.54) is 0 Å². The molecule has 1 saturated heterocycles. The molecular formula is C14H20BrNO2. The third kappa shape index (κ3) is 3.70. The lowest BCUT2D eigenvalue weighted by atomic mass is 10.1. The highest BCUT2D eigenvalue weighted by molar-refractivity contribution is 9.10. The summed E-state index contributed by atoms with van der Waals surface area (Å²) in [5.74, 6) is 0.919. The first kappa shape index (κ1) is 13.8. The number of ether oxygens (including phenoxy) is 2. The minimum absolute atomic E-state index is 0.336. The van der Waals surface area contributed by atoms with E-state index in [0.717, 1.165) is 29.8 Å². The van der Waals surface area contributed by atoms with Gasteiger partial charge in [0.2, 0.25) is 0 Å². The smallest absolute Gasteiger partial charge is 0.119 e. The van der Waals surface area contributed by atoms with Crippen LogP contribution in [0.15, 0.2) is 28.7 Å². The van der Waals surface area contributed by atoms with Gasteiger partial charge >= 0.3 is 0 Å². The summed E-state index contributed by atoms with van der Waals surface area (Å²) >= 11 is 3.41. The molecule has 18 heavy (non-hydrogen) atoms. The van der Waals surface area contributed by atoms with Crippen molar-refractivity contribution in [2.75, 3.05) is 26.8 Å². The van der Waals surface area contributed by atoms with E-state index in [4.69, 9.17) is 9.47 Å². The molecule has 1 aromatic carbocycles. The maximum Gasteiger partial charge on any atom is 0.119 e. The van der Waals surface area contributed by atoms with Crippen molar-refractivity contribution in [1.29, 1.82) is 0 Å². The summed E-state index contributed by atoms with van der Waals surface area (Å²) in [7, 11) is 2.14. The summed E-state index contributed by atoms with van der Waals surface area (Å²) in [5.41, 5.74) is 0. The van der Waals surface area contributed by atoms with Crippen LogP contribution in [0.1, 0.15) is 13.3 Å². The molecule has 0 saturated carbocycles. The number of hydrogen-bond donors (Lipinski definition) is 0. The molecule has 1 fully saturated rings. The van der Waals surface area contributed by atoms with E-state index in [-0.39, 0.29) is 0 Å². The van der Waals surface area contributed by atoms with Crippen LogP contribution in [0.4, 0.5) is 0 Å². The Balaban J connectivity index is 1.73. The maximum atomic E-state index is 5.72. The summed E-state index contributed by atoms with van der Waals surface area (Å²) in [6, 6.07) is 8.47. The van der Waals surface area contributed by atoms with Crippen LogP contribution in [-0.4, -0.2) is 43.9 Å². The van der Waals surface area contributed by atoms with Gasteiger partial charge in [-0.1, -0.05) is 15.9 Å². The van der Waals surface area contributed by atoms with E-state index < -0.39 is 0 Å². The molecule has 1 heterocycles. The zero-order valence-corrected chi connectivity index (χ0v) is 12.5. The van der Waals surface area contributed by atoms with Gasteiger partial charge in [0, 0.05) is 23.7 Å². The average molecular weight is 314 g/mol. The van der Waals surface area contributed by atoms with E-state index in [0.29, 0.717) is 18.8 Å². The largest absolute Gasteiger partial charge is 0.492 e. The average Bonchev–Trinajstić information content (AvgIpc) is 2.78. The van der Waals surface area contributed by atoms with Crippen molar-refractivity contribution < 1.29 is 9.47 Å². The molecule has 0 bridgehead atoms. The van der Waals surface area contributed by atoms with Gasteiger partial charge in [0.15, 0.2) is 0 Å². The van der Waals surface area contributed by atoms with Gasteiger partial charge in [-0.25, -0.2) is 0 Å². The number of nitrogens with zero attached hydrogens (tertiary/aromatic N) is 1. The molecule has 0 aliphatic carbocycles. The Labute approximate surface area is 117 Å². The first-order valence-electron chi connectivity index (χ1n) is 6.37. The Morgan fingerprint density at radius 2 is 2.11 bits per heavy atom. The zero-order valence-electron chi connectivity index (χ0n) is 10.9. The molecule has 0 N–H and O–H groups in total. The molecule has 2 rings (SSSR count). The van der Waals surface area contributed by atoms with Gasteiger partial charge in [0.1, 0.15) is 12.4 Å². The maximum absolute atomic E-state index is 5.72. The van der Waals surface area contributed by atoms with Gasteiger partial charge < -0.3 is 9.47 Å². The van der Waals surface area contributed by atoms with Gasteiger partial charge in [-0.3, -0.25) is 4.90 Å². The molecule has 0 aromatic heterocycles. The van der Waals surface area contributed by atoms with Crippen LogP contribution in [0.5, 0.6) is 5.75 Å². The molecule has 100 valence electrons. The monoisotopic (exact) mass is 313 g/mol. The summed E-state index contributed by atoms with van der Waals surface area (Å²) in [6.45, 7) is 4.66. The zero-order chi connectivity index (χ0) is 13.0. The van der Waals surface area contributed by atoms with Crippen LogP contribution in [0, 0.1) is 0 Å². The molecule has 0 radical (unpaired) electrons. The highest BCUT2D eigenvalue weighted by atomic mass is 79.9. The topological polar surface area (TPSA) is 21.7 Å². The van der Waals surface area contributed by atoms with Crippen LogP contribution in [0.25, 0.3) is 0 Å². The van der Waals surface area contributed by atoms with E-state index in [1.54, 1.807) is 0 Å². The minimum atomic E-state index is 0.336. The molecule has 4 heteroatoms. The number of hydrogen-bond acceptors (Lipinski definition) is 3. The lowest BCUT2D eigenvalue weighted by Crippen LogP contribution is -2.39. The number of benzene rings is 1. The van der Waals surface area contributed by atoms with Gasteiger partial charge in [-0.15, -0.1) is 0 Å². The fraction of sp³-hybridized carbons (Fsp3) is 0.571. The van der Waals surface area contributed by atoms with Gasteiger partial charge in [-0.2, -0.15) is 0 Å². The number of likely N-dealkylation sites (N-methyl/N-ethyl adjacent to an activating group) is 1. The molecule has 1 aliphatic rings. The Morgan fingerprint density at radius 3 is 2.72 bits per heavy atom. The van der Waals surface area contributed by atoms with E-state index in [2.05, 4.69) is 34.8 Å². The number of rotatable bonds is 5. The van der Waals surface area contributed by atoms with Crippen LogP contribution in [0.3, 0.4) is 0 Å². The Morgan fingerprint density at radius 1 is 1.39 bits per heavy atom. The van der Waals surface area contributed by atoms with Crippen LogP contribution in [-0.2, 0) is 4.74 Å². The van der Waals surface area contributed by atoms with Crippen molar-refractivity contribution in [2.24, 2.45) is 0 Å². The highest BCUT2D eigenvalue weighted by Gasteiger charge is 2.27. The second-order valence-electron chi connectivity index (χ2n) is 4.71. The predicted molar refractivity (Wildman–Crippen MR) is 76.1 cm³/mol. The van der Waals surface area contributed by atoms with E-state index in [1.807, 2.05) is 24.3 Å². The lowest BCUT2D eigenvalue weighted by Gasteiger charge is -2.26. The second kappa shape index (κ2) is 6.55. The molecular weight excluding hydrogens is 294 g/mol. The highest BCUT2D eigenvalue weighted by Crippen LogP contribution is 2.19. The molecule has 3 nitrogen and oxygen atoms in total. The van der Waals surface area contributed by atoms with Gasteiger partial charge in [0.05, 0.1) is 6.10 Å². The Bertz CT molecular complexity index is 369. The van der Waals surface area contributed by atoms with Gasteiger partial charge in [0.25, 0.3) is 0 Å². The van der Waals surface area contributed by atoms with Crippen LogP contribution < -0.4 is 4.74 Å². The molecule has 1 aliphatic heterocycles. The van der Waals surface area contributed by atoms with Crippen LogP contribution in [0.2, 0.25) is 0 Å². The van der Waals surface area contributed by atoms with Crippen molar-refractivity contribution in [3.63, 3.8) is 0 Å². The normalized spacial score (nSPS) is 23.6. The third-order valence-corrected chi connectivity index (χ3v) is 3.96. The fourth-order valence-electron chi connectivity index (χ4n) is 2.30. The van der Waals surface area contributed by atoms with E-state index >= 15 is 0 Å². The first-order valence-corrected chi connectivity index (χ1v) is 7.16. The van der Waals surface area contributed by atoms with Crippen molar-refractivity contribution in [3.8, 4) is 5.75 Å². The first-order chi connectivity index (χ1) is 8.66. The summed E-state index contributed by atoms with van der Waals surface area (Å²) < 4.78 is 12.4. The molecule has 0 spiro atoms.